The maximum absolute atomic E-state index is 14.7. The van der Waals surface area contributed by atoms with E-state index in [2.05, 4.69) is 32.3 Å². The van der Waals surface area contributed by atoms with E-state index < -0.39 is 11.9 Å². The molecule has 4 rings (SSSR count). The number of nitrogens with one attached hydrogen (secondary N) is 2. The topological polar surface area (TPSA) is 110 Å². The lowest BCUT2D eigenvalue weighted by Gasteiger charge is -2.09. The summed E-state index contributed by atoms with van der Waals surface area (Å²) in [6, 6.07) is 5.33. The van der Waals surface area contributed by atoms with Gasteiger partial charge in [0.05, 0.1) is 36.2 Å². The minimum Gasteiger partial charge on any atom is -0.391 e. The monoisotopic (exact) mass is 435 g/mol. The number of carbonyl (C=O) groups is 1. The zero-order valence-corrected chi connectivity index (χ0v) is 17.6. The van der Waals surface area contributed by atoms with E-state index in [4.69, 9.17) is 0 Å². The van der Waals surface area contributed by atoms with E-state index in [-0.39, 0.29) is 17.7 Å². The molecular formula is C22H22FN7O2. The van der Waals surface area contributed by atoms with Crippen LogP contribution in [0.3, 0.4) is 0 Å². The van der Waals surface area contributed by atoms with Gasteiger partial charge in [-0.2, -0.15) is 10.1 Å². The number of aliphatic hydroxyl groups excluding tert-OH is 1. The SMILES string of the molecule is C=CC(=O)Nc1ccc2c(c1)c(C)cn2-c1nc(Nc2cnn(C[C@@H](C)O)c2)ncc1F. The van der Waals surface area contributed by atoms with E-state index in [1.54, 1.807) is 46.9 Å². The molecule has 1 amide bonds. The summed E-state index contributed by atoms with van der Waals surface area (Å²) >= 11 is 0. The number of benzene rings is 1. The van der Waals surface area contributed by atoms with Crippen molar-refractivity contribution in [3.63, 3.8) is 0 Å². The van der Waals surface area contributed by atoms with Crippen LogP contribution in [0.4, 0.5) is 21.7 Å². The van der Waals surface area contributed by atoms with E-state index in [9.17, 15) is 14.3 Å². The van der Waals surface area contributed by atoms with Crippen LogP contribution in [0, 0.1) is 12.7 Å². The third-order valence-corrected chi connectivity index (χ3v) is 4.75. The number of anilines is 3. The molecule has 9 nitrogen and oxygen atoms in total. The predicted molar refractivity (Wildman–Crippen MR) is 120 cm³/mol. The number of halogens is 1. The van der Waals surface area contributed by atoms with Gasteiger partial charge in [-0.15, -0.1) is 0 Å². The normalized spacial score (nSPS) is 12.0. The van der Waals surface area contributed by atoms with Crippen LogP contribution in [-0.2, 0) is 11.3 Å². The molecule has 1 atom stereocenters. The van der Waals surface area contributed by atoms with E-state index in [0.29, 0.717) is 17.9 Å². The van der Waals surface area contributed by atoms with Crippen LogP contribution in [-0.4, -0.2) is 41.4 Å². The van der Waals surface area contributed by atoms with Gasteiger partial charge < -0.3 is 15.7 Å². The van der Waals surface area contributed by atoms with E-state index >= 15 is 0 Å². The molecule has 0 saturated heterocycles. The number of nitrogens with zero attached hydrogens (tertiary/aromatic N) is 5. The molecule has 3 heterocycles. The van der Waals surface area contributed by atoms with Gasteiger partial charge >= 0.3 is 0 Å². The van der Waals surface area contributed by atoms with Crippen molar-refractivity contribution in [1.29, 1.82) is 0 Å². The summed E-state index contributed by atoms with van der Waals surface area (Å²) < 4.78 is 17.9. The number of amides is 1. The van der Waals surface area contributed by atoms with Gasteiger partial charge in [-0.1, -0.05) is 6.58 Å². The second-order valence-electron chi connectivity index (χ2n) is 7.40. The lowest BCUT2D eigenvalue weighted by Crippen LogP contribution is -2.11. The lowest BCUT2D eigenvalue weighted by molar-refractivity contribution is -0.111. The smallest absolute Gasteiger partial charge is 0.247 e. The van der Waals surface area contributed by atoms with Crippen LogP contribution in [0.25, 0.3) is 16.7 Å². The highest BCUT2D eigenvalue weighted by Crippen LogP contribution is 2.28. The van der Waals surface area contributed by atoms with Crippen LogP contribution in [0.15, 0.2) is 55.6 Å². The molecule has 0 fully saturated rings. The number of carbonyl (C=O) groups excluding carboxylic acids is 1. The standard InChI is InChI=1S/C22H22FN7O2/c1-4-20(32)26-15-5-6-19-17(7-15)13(2)10-30(19)21-18(23)9-24-22(28-21)27-16-8-25-29(12-16)11-14(3)31/h4-10,12,14,31H,1,11H2,2-3H3,(H,26,32)(H,24,27,28)/t14-/m1/s1. The molecule has 4 aromatic rings. The molecular weight excluding hydrogens is 413 g/mol. The third kappa shape index (κ3) is 4.35. The Bertz CT molecular complexity index is 1310. The van der Waals surface area contributed by atoms with Gasteiger partial charge in [0.1, 0.15) is 0 Å². The predicted octanol–water partition coefficient (Wildman–Crippen LogP) is 3.31. The Morgan fingerprint density at radius 3 is 2.88 bits per heavy atom. The Hall–Kier alpha value is -4.05. The number of rotatable bonds is 7. The number of aromatic nitrogens is 5. The van der Waals surface area contributed by atoms with Crippen molar-refractivity contribution < 1.29 is 14.3 Å². The van der Waals surface area contributed by atoms with Crippen LogP contribution < -0.4 is 10.6 Å². The van der Waals surface area contributed by atoms with Gasteiger partial charge in [-0.25, -0.2) is 9.37 Å². The summed E-state index contributed by atoms with van der Waals surface area (Å²) in [6.07, 6.45) is 6.81. The molecule has 0 aliphatic rings. The minimum atomic E-state index is -0.582. The molecule has 0 aliphatic carbocycles. The minimum absolute atomic E-state index is 0.0832. The average Bonchev–Trinajstić information content (AvgIpc) is 3.32. The van der Waals surface area contributed by atoms with Gasteiger partial charge in [-0.05, 0) is 43.7 Å². The summed E-state index contributed by atoms with van der Waals surface area (Å²) in [5.41, 5.74) is 2.84. The average molecular weight is 435 g/mol. The van der Waals surface area contributed by atoms with Crippen molar-refractivity contribution in [2.45, 2.75) is 26.5 Å². The number of aliphatic hydroxyl groups is 1. The van der Waals surface area contributed by atoms with Crippen LogP contribution >= 0.6 is 0 Å². The fourth-order valence-corrected chi connectivity index (χ4v) is 3.36. The van der Waals surface area contributed by atoms with Crippen molar-refractivity contribution in [3.8, 4) is 5.82 Å². The second kappa shape index (κ2) is 8.60. The Balaban J connectivity index is 1.67. The molecule has 3 aromatic heterocycles. The maximum atomic E-state index is 14.7. The third-order valence-electron chi connectivity index (χ3n) is 4.75. The molecule has 0 radical (unpaired) electrons. The van der Waals surface area contributed by atoms with Crippen LogP contribution in [0.2, 0.25) is 0 Å². The fourth-order valence-electron chi connectivity index (χ4n) is 3.36. The Kier molecular flexibility index (Phi) is 5.69. The molecule has 0 saturated carbocycles. The van der Waals surface area contributed by atoms with Crippen molar-refractivity contribution in [1.82, 2.24) is 24.3 Å². The summed E-state index contributed by atoms with van der Waals surface area (Å²) in [6.45, 7) is 7.36. The number of fused-ring (bicyclic) bond motifs is 1. The van der Waals surface area contributed by atoms with Gasteiger partial charge in [0.25, 0.3) is 0 Å². The van der Waals surface area contributed by atoms with Crippen molar-refractivity contribution in [3.05, 3.63) is 67.0 Å². The molecule has 0 spiro atoms. The molecule has 164 valence electrons. The molecule has 0 unspecified atom stereocenters. The fraction of sp³-hybridized carbons (Fsp3) is 0.182. The summed E-state index contributed by atoms with van der Waals surface area (Å²) in [5.74, 6) is -0.607. The first-order valence-electron chi connectivity index (χ1n) is 9.89. The van der Waals surface area contributed by atoms with E-state index in [0.717, 1.165) is 22.7 Å². The van der Waals surface area contributed by atoms with Crippen LogP contribution in [0.5, 0.6) is 0 Å². The molecule has 0 aliphatic heterocycles. The Morgan fingerprint density at radius 1 is 1.31 bits per heavy atom. The Labute approximate surface area is 183 Å². The van der Waals surface area contributed by atoms with Gasteiger partial charge in [0.15, 0.2) is 11.6 Å². The molecule has 0 bridgehead atoms. The highest BCUT2D eigenvalue weighted by molar-refractivity contribution is 6.00. The molecule has 10 heteroatoms. The van der Waals surface area contributed by atoms with Crippen molar-refractivity contribution in [2.24, 2.45) is 0 Å². The lowest BCUT2D eigenvalue weighted by atomic mass is 10.2. The second-order valence-corrected chi connectivity index (χ2v) is 7.40. The number of aryl methyl sites for hydroxylation is 1. The first-order valence-corrected chi connectivity index (χ1v) is 9.89. The number of hydrogen-bond acceptors (Lipinski definition) is 6. The summed E-state index contributed by atoms with van der Waals surface area (Å²) in [5, 5.41) is 20.2. The summed E-state index contributed by atoms with van der Waals surface area (Å²) in [7, 11) is 0. The van der Waals surface area contributed by atoms with E-state index in [1.807, 2.05) is 13.0 Å². The zero-order valence-electron chi connectivity index (χ0n) is 17.6. The zero-order chi connectivity index (χ0) is 22.8. The maximum Gasteiger partial charge on any atom is 0.247 e. The van der Waals surface area contributed by atoms with Crippen molar-refractivity contribution in [2.75, 3.05) is 10.6 Å². The first-order chi connectivity index (χ1) is 15.3. The summed E-state index contributed by atoms with van der Waals surface area (Å²) in [4.78, 5) is 20.0. The Morgan fingerprint density at radius 2 is 2.12 bits per heavy atom. The first kappa shape index (κ1) is 21.2. The quantitative estimate of drug-likeness (QED) is 0.384. The highest BCUT2D eigenvalue weighted by atomic mass is 19.1. The van der Waals surface area contributed by atoms with Crippen molar-refractivity contribution >= 4 is 34.1 Å². The van der Waals surface area contributed by atoms with Gasteiger partial charge in [0, 0.05) is 23.5 Å². The number of hydrogen-bond donors (Lipinski definition) is 3. The molecule has 3 N–H and O–H groups in total. The van der Waals surface area contributed by atoms with Gasteiger partial charge in [0.2, 0.25) is 11.9 Å². The molecule has 1 aromatic carbocycles. The van der Waals surface area contributed by atoms with Gasteiger partial charge in [-0.3, -0.25) is 14.0 Å². The van der Waals surface area contributed by atoms with Crippen LogP contribution in [0.1, 0.15) is 12.5 Å². The highest BCUT2D eigenvalue weighted by Gasteiger charge is 2.15. The van der Waals surface area contributed by atoms with E-state index in [1.165, 1.54) is 6.08 Å². The molecule has 32 heavy (non-hydrogen) atoms. The largest absolute Gasteiger partial charge is 0.391 e.